The molecule has 0 amide bonds. The number of hydrogen-bond acceptors (Lipinski definition) is 4. The van der Waals surface area contributed by atoms with Crippen molar-refractivity contribution in [2.45, 2.75) is 13.8 Å². The van der Waals surface area contributed by atoms with Gasteiger partial charge in [-0.15, -0.1) is 11.3 Å². The number of anilines is 1. The zero-order valence-electron chi connectivity index (χ0n) is 13.9. The fraction of sp³-hybridized carbons (Fsp3) is 0.105. The Balaban J connectivity index is 1.79. The van der Waals surface area contributed by atoms with Crippen LogP contribution in [0.5, 0.6) is 0 Å². The maximum atomic E-state index is 12.2. The lowest BCUT2D eigenvalue weighted by Crippen LogP contribution is -2.08. The lowest BCUT2D eigenvalue weighted by Gasteiger charge is -2.04. The van der Waals surface area contributed by atoms with Crippen molar-refractivity contribution in [1.29, 1.82) is 0 Å². The van der Waals surface area contributed by atoms with Crippen molar-refractivity contribution in [3.63, 3.8) is 0 Å². The third-order valence-electron chi connectivity index (χ3n) is 3.64. The molecule has 3 aromatic rings. The first-order valence-corrected chi connectivity index (χ1v) is 10.1. The number of rotatable bonds is 5. The van der Waals surface area contributed by atoms with Crippen molar-refractivity contribution in [3.8, 4) is 11.3 Å². The van der Waals surface area contributed by atoms with Crippen LogP contribution in [0, 0.1) is 13.8 Å². The van der Waals surface area contributed by atoms with E-state index in [1.54, 1.807) is 6.08 Å². The summed E-state index contributed by atoms with van der Waals surface area (Å²) in [5.41, 5.74) is 4.86. The van der Waals surface area contributed by atoms with Gasteiger partial charge in [0.1, 0.15) is 0 Å². The molecule has 0 bridgehead atoms. The van der Waals surface area contributed by atoms with Gasteiger partial charge in [-0.25, -0.2) is 13.4 Å². The van der Waals surface area contributed by atoms with Crippen LogP contribution in [0.3, 0.4) is 0 Å². The smallest absolute Gasteiger partial charge is 0.255 e. The third kappa shape index (κ3) is 4.55. The van der Waals surface area contributed by atoms with E-state index in [2.05, 4.69) is 15.8 Å². The average molecular weight is 370 g/mol. The summed E-state index contributed by atoms with van der Waals surface area (Å²) in [6.07, 6.45) is 1.56. The number of thiazole rings is 1. The van der Waals surface area contributed by atoms with E-state index in [1.165, 1.54) is 11.3 Å². The van der Waals surface area contributed by atoms with E-state index in [9.17, 15) is 8.42 Å². The molecule has 0 spiro atoms. The number of benzene rings is 2. The Labute approximate surface area is 151 Å². The maximum Gasteiger partial charge on any atom is 0.256 e. The molecule has 1 heterocycles. The highest BCUT2D eigenvalue weighted by atomic mass is 32.2. The summed E-state index contributed by atoms with van der Waals surface area (Å²) < 4.78 is 26.9. The molecule has 1 aromatic heterocycles. The molecule has 4 nitrogen and oxygen atoms in total. The minimum absolute atomic E-state index is 0.355. The third-order valence-corrected chi connectivity index (χ3v) is 5.50. The van der Waals surface area contributed by atoms with Crippen LogP contribution in [-0.2, 0) is 10.0 Å². The topological polar surface area (TPSA) is 59.1 Å². The molecule has 0 radical (unpaired) electrons. The quantitative estimate of drug-likeness (QED) is 0.699. The number of nitrogens with zero attached hydrogens (tertiary/aromatic N) is 1. The van der Waals surface area contributed by atoms with Crippen LogP contribution < -0.4 is 4.72 Å². The van der Waals surface area contributed by atoms with Gasteiger partial charge in [0.15, 0.2) is 5.13 Å². The van der Waals surface area contributed by atoms with Crippen LogP contribution in [-0.4, -0.2) is 13.4 Å². The van der Waals surface area contributed by atoms with Crippen molar-refractivity contribution < 1.29 is 8.42 Å². The zero-order chi connectivity index (χ0) is 17.9. The number of hydrogen-bond donors (Lipinski definition) is 1. The van der Waals surface area contributed by atoms with E-state index in [0.717, 1.165) is 33.4 Å². The molecule has 0 fully saturated rings. The van der Waals surface area contributed by atoms with E-state index in [1.807, 2.05) is 61.7 Å². The van der Waals surface area contributed by atoms with Crippen LogP contribution in [0.25, 0.3) is 17.3 Å². The molecule has 0 saturated heterocycles. The van der Waals surface area contributed by atoms with E-state index in [4.69, 9.17) is 0 Å². The van der Waals surface area contributed by atoms with Crippen LogP contribution in [0.1, 0.15) is 16.7 Å². The number of nitrogens with one attached hydrogen (secondary N) is 1. The molecule has 128 valence electrons. The van der Waals surface area contributed by atoms with Crippen molar-refractivity contribution >= 4 is 32.6 Å². The normalized spacial score (nSPS) is 11.8. The predicted molar refractivity (Wildman–Crippen MR) is 105 cm³/mol. The summed E-state index contributed by atoms with van der Waals surface area (Å²) in [6, 6.07) is 15.4. The second-order valence-corrected chi connectivity index (χ2v) is 8.14. The zero-order valence-corrected chi connectivity index (χ0v) is 15.6. The number of aryl methyl sites for hydroxylation is 2. The van der Waals surface area contributed by atoms with Crippen LogP contribution in [0.2, 0.25) is 0 Å². The molecule has 0 saturated carbocycles. The summed E-state index contributed by atoms with van der Waals surface area (Å²) in [7, 11) is -3.60. The van der Waals surface area contributed by atoms with Crippen molar-refractivity contribution in [2.24, 2.45) is 0 Å². The second-order valence-electron chi connectivity index (χ2n) is 5.72. The average Bonchev–Trinajstić information content (AvgIpc) is 3.04. The molecule has 0 aliphatic rings. The van der Waals surface area contributed by atoms with Gasteiger partial charge in [0.25, 0.3) is 10.0 Å². The first-order valence-electron chi connectivity index (χ1n) is 7.72. The van der Waals surface area contributed by atoms with Crippen molar-refractivity contribution in [3.05, 3.63) is 76.0 Å². The Kier molecular flexibility index (Phi) is 5.01. The SMILES string of the molecule is Cc1ccc(C)c(-c2csc(NS(=O)(=O)/C=C/c3ccccc3)n2)c1. The molecular formula is C19H18N2O2S2. The highest BCUT2D eigenvalue weighted by Gasteiger charge is 2.12. The summed E-state index contributed by atoms with van der Waals surface area (Å²) in [6.45, 7) is 4.04. The standard InChI is InChI=1S/C19H18N2O2S2/c1-14-8-9-15(2)17(12-14)18-13-24-19(20-18)21-25(22,23)11-10-16-6-4-3-5-7-16/h3-13H,1-2H3,(H,20,21)/b11-10+. The molecule has 1 N–H and O–H groups in total. The lowest BCUT2D eigenvalue weighted by atomic mass is 10.0. The van der Waals surface area contributed by atoms with Gasteiger partial charge >= 0.3 is 0 Å². The van der Waals surface area contributed by atoms with Gasteiger partial charge in [0.2, 0.25) is 0 Å². The molecule has 0 aliphatic carbocycles. The lowest BCUT2D eigenvalue weighted by molar-refractivity contribution is 0.609. The molecule has 3 rings (SSSR count). The van der Waals surface area contributed by atoms with Gasteiger partial charge in [-0.05, 0) is 37.1 Å². The Hall–Kier alpha value is -2.44. The van der Waals surface area contributed by atoms with Gasteiger partial charge in [-0.2, -0.15) is 0 Å². The van der Waals surface area contributed by atoms with Gasteiger partial charge in [-0.1, -0.05) is 48.0 Å². The second kappa shape index (κ2) is 7.21. The number of sulfonamides is 1. The first-order chi connectivity index (χ1) is 11.9. The molecule has 0 aliphatic heterocycles. The molecule has 6 heteroatoms. The predicted octanol–water partition coefficient (Wildman–Crippen LogP) is 4.84. The van der Waals surface area contributed by atoms with E-state index >= 15 is 0 Å². The molecule has 0 atom stereocenters. The molecule has 25 heavy (non-hydrogen) atoms. The fourth-order valence-electron chi connectivity index (χ4n) is 2.34. The van der Waals surface area contributed by atoms with Crippen LogP contribution >= 0.6 is 11.3 Å². The molecular weight excluding hydrogens is 352 g/mol. The van der Waals surface area contributed by atoms with Crippen molar-refractivity contribution in [2.75, 3.05) is 4.72 Å². The molecule has 0 unspecified atom stereocenters. The van der Waals surface area contributed by atoms with E-state index in [0.29, 0.717) is 5.13 Å². The fourth-order valence-corrected chi connectivity index (χ4v) is 4.13. The highest BCUT2D eigenvalue weighted by Crippen LogP contribution is 2.28. The first kappa shape index (κ1) is 17.4. The van der Waals surface area contributed by atoms with Crippen molar-refractivity contribution in [1.82, 2.24) is 4.98 Å². The number of aromatic nitrogens is 1. The summed E-state index contributed by atoms with van der Waals surface area (Å²) in [4.78, 5) is 4.42. The Morgan fingerprint density at radius 3 is 2.60 bits per heavy atom. The monoisotopic (exact) mass is 370 g/mol. The summed E-state index contributed by atoms with van der Waals surface area (Å²) >= 11 is 1.27. The van der Waals surface area contributed by atoms with Gasteiger partial charge in [-0.3, -0.25) is 4.72 Å². The summed E-state index contributed by atoms with van der Waals surface area (Å²) in [5.74, 6) is 0. The molecule has 2 aromatic carbocycles. The Bertz CT molecular complexity index is 1010. The Morgan fingerprint density at radius 1 is 1.08 bits per heavy atom. The largest absolute Gasteiger partial charge is 0.256 e. The Morgan fingerprint density at radius 2 is 1.84 bits per heavy atom. The highest BCUT2D eigenvalue weighted by molar-refractivity contribution is 7.95. The minimum Gasteiger partial charge on any atom is -0.255 e. The van der Waals surface area contributed by atoms with Gasteiger partial charge in [0, 0.05) is 10.9 Å². The van der Waals surface area contributed by atoms with Crippen LogP contribution in [0.15, 0.2) is 59.3 Å². The summed E-state index contributed by atoms with van der Waals surface area (Å²) in [5, 5.41) is 3.37. The maximum absolute atomic E-state index is 12.2. The van der Waals surface area contributed by atoms with Gasteiger partial charge in [0.05, 0.1) is 11.1 Å². The van der Waals surface area contributed by atoms with E-state index in [-0.39, 0.29) is 0 Å². The van der Waals surface area contributed by atoms with Gasteiger partial charge < -0.3 is 0 Å². The van der Waals surface area contributed by atoms with Crippen LogP contribution in [0.4, 0.5) is 5.13 Å². The minimum atomic E-state index is -3.60. The van der Waals surface area contributed by atoms with E-state index < -0.39 is 10.0 Å².